The van der Waals surface area contributed by atoms with E-state index >= 15 is 0 Å². The molecule has 0 saturated heterocycles. The highest BCUT2D eigenvalue weighted by atomic mass is 16.7. The predicted octanol–water partition coefficient (Wildman–Crippen LogP) is 1.02. The van der Waals surface area contributed by atoms with Crippen molar-refractivity contribution >= 4 is 12.6 Å². The summed E-state index contributed by atoms with van der Waals surface area (Å²) in [5.74, 6) is 0.422. The van der Waals surface area contributed by atoms with Crippen LogP contribution in [-0.2, 0) is 4.74 Å². The second-order valence-corrected chi connectivity index (χ2v) is 4.01. The average molecular weight is 258 g/mol. The van der Waals surface area contributed by atoms with Crippen molar-refractivity contribution < 1.29 is 19.5 Å². The Kier molecular flexibility index (Phi) is 4.57. The molecule has 2 N–H and O–H groups in total. The first-order valence-electron chi connectivity index (χ1n) is 5.90. The quantitative estimate of drug-likeness (QED) is 0.621. The molecule has 0 radical (unpaired) electrons. The molecule has 98 valence electrons. The Balaban J connectivity index is 2.50. The summed E-state index contributed by atoms with van der Waals surface area (Å²) < 4.78 is 10.4. The maximum Gasteiger partial charge on any atom is 0.492 e. The zero-order valence-electron chi connectivity index (χ0n) is 10.6. The fourth-order valence-corrected chi connectivity index (χ4v) is 1.88. The van der Waals surface area contributed by atoms with Crippen molar-refractivity contribution in [2.75, 3.05) is 13.9 Å². The number of hydrogen-bond donors (Lipinski definition) is 2. The number of ether oxygens (including phenoxy) is 2. The van der Waals surface area contributed by atoms with E-state index in [1.54, 1.807) is 12.1 Å². The van der Waals surface area contributed by atoms with Crippen LogP contribution in [0.4, 0.5) is 0 Å². The Labute approximate surface area is 112 Å². The van der Waals surface area contributed by atoms with E-state index in [0.29, 0.717) is 11.2 Å². The van der Waals surface area contributed by atoms with Crippen LogP contribution >= 0.6 is 0 Å². The molecule has 0 bridgehead atoms. The van der Waals surface area contributed by atoms with Crippen molar-refractivity contribution in [3.63, 3.8) is 0 Å². The molecule has 2 aromatic carbocycles. The summed E-state index contributed by atoms with van der Waals surface area (Å²) in [5.41, 5.74) is 2.05. The zero-order chi connectivity index (χ0) is 13.7. The fraction of sp³-hybridized carbons (Fsp3) is 0.143. The first kappa shape index (κ1) is 13.6. The number of rotatable bonds is 5. The van der Waals surface area contributed by atoms with E-state index < -0.39 is 7.12 Å². The summed E-state index contributed by atoms with van der Waals surface area (Å²) in [5, 5.41) is 18.8. The topological polar surface area (TPSA) is 58.9 Å². The lowest BCUT2D eigenvalue weighted by atomic mass is 9.78. The Bertz CT molecular complexity index is 528. The van der Waals surface area contributed by atoms with Gasteiger partial charge in [0.25, 0.3) is 0 Å². The molecule has 0 heterocycles. The molecule has 19 heavy (non-hydrogen) atoms. The molecular weight excluding hydrogens is 243 g/mol. The van der Waals surface area contributed by atoms with Gasteiger partial charge in [0.15, 0.2) is 6.79 Å². The van der Waals surface area contributed by atoms with Gasteiger partial charge in [-0.05, 0) is 5.56 Å². The summed E-state index contributed by atoms with van der Waals surface area (Å²) in [6.45, 7) is 0.0452. The van der Waals surface area contributed by atoms with Gasteiger partial charge in [-0.15, -0.1) is 0 Å². The lowest BCUT2D eigenvalue weighted by Gasteiger charge is -2.15. The molecule has 0 aromatic heterocycles. The van der Waals surface area contributed by atoms with Gasteiger partial charge in [0.1, 0.15) is 5.75 Å². The van der Waals surface area contributed by atoms with Crippen LogP contribution in [0.1, 0.15) is 0 Å². The third kappa shape index (κ3) is 3.14. The molecule has 0 fully saturated rings. The Hall–Kier alpha value is -1.82. The third-order valence-corrected chi connectivity index (χ3v) is 2.73. The fourth-order valence-electron chi connectivity index (χ4n) is 1.88. The normalized spacial score (nSPS) is 10.3. The van der Waals surface area contributed by atoms with Crippen molar-refractivity contribution in [1.29, 1.82) is 0 Å². The van der Waals surface area contributed by atoms with Gasteiger partial charge >= 0.3 is 7.12 Å². The van der Waals surface area contributed by atoms with Crippen LogP contribution in [-0.4, -0.2) is 31.1 Å². The van der Waals surface area contributed by atoms with Crippen molar-refractivity contribution in [1.82, 2.24) is 0 Å². The summed E-state index contributed by atoms with van der Waals surface area (Å²) in [4.78, 5) is 0. The van der Waals surface area contributed by atoms with Crippen LogP contribution in [0, 0.1) is 0 Å². The first-order chi connectivity index (χ1) is 9.24. The van der Waals surface area contributed by atoms with Crippen LogP contribution < -0.4 is 10.2 Å². The van der Waals surface area contributed by atoms with Crippen LogP contribution in [0.5, 0.6) is 5.75 Å². The van der Waals surface area contributed by atoms with Crippen molar-refractivity contribution in [3.05, 3.63) is 48.5 Å². The number of para-hydroxylation sites is 1. The second kappa shape index (κ2) is 6.38. The van der Waals surface area contributed by atoms with Gasteiger partial charge in [-0.3, -0.25) is 0 Å². The molecule has 0 aliphatic heterocycles. The van der Waals surface area contributed by atoms with Crippen molar-refractivity contribution in [3.8, 4) is 16.9 Å². The maximum absolute atomic E-state index is 9.41. The van der Waals surface area contributed by atoms with E-state index in [-0.39, 0.29) is 6.79 Å². The minimum Gasteiger partial charge on any atom is -0.467 e. The van der Waals surface area contributed by atoms with Crippen LogP contribution in [0.25, 0.3) is 11.1 Å². The lowest BCUT2D eigenvalue weighted by Crippen LogP contribution is -2.32. The van der Waals surface area contributed by atoms with Crippen LogP contribution in [0.3, 0.4) is 0 Å². The largest absolute Gasteiger partial charge is 0.492 e. The van der Waals surface area contributed by atoms with Gasteiger partial charge in [-0.25, -0.2) is 0 Å². The van der Waals surface area contributed by atoms with Crippen molar-refractivity contribution in [2.45, 2.75) is 0 Å². The van der Waals surface area contributed by atoms with E-state index in [9.17, 15) is 10.0 Å². The van der Waals surface area contributed by atoms with Crippen molar-refractivity contribution in [2.24, 2.45) is 0 Å². The zero-order valence-corrected chi connectivity index (χ0v) is 10.6. The summed E-state index contributed by atoms with van der Waals surface area (Å²) >= 11 is 0. The molecule has 0 amide bonds. The summed E-state index contributed by atoms with van der Waals surface area (Å²) in [6, 6.07) is 14.9. The molecule has 5 heteroatoms. The van der Waals surface area contributed by atoms with E-state index in [2.05, 4.69) is 0 Å². The molecular formula is C14H15BO4. The third-order valence-electron chi connectivity index (χ3n) is 2.73. The lowest BCUT2D eigenvalue weighted by molar-refractivity contribution is 0.0521. The Morgan fingerprint density at radius 3 is 2.37 bits per heavy atom. The molecule has 2 aromatic rings. The van der Waals surface area contributed by atoms with E-state index in [0.717, 1.165) is 11.1 Å². The Morgan fingerprint density at radius 1 is 1.00 bits per heavy atom. The van der Waals surface area contributed by atoms with Gasteiger partial charge in [0, 0.05) is 18.1 Å². The van der Waals surface area contributed by atoms with Gasteiger partial charge in [0.2, 0.25) is 0 Å². The number of methoxy groups -OCH3 is 1. The minimum atomic E-state index is -1.59. The minimum absolute atomic E-state index is 0.0452. The van der Waals surface area contributed by atoms with Crippen LogP contribution in [0.2, 0.25) is 0 Å². The molecule has 2 rings (SSSR count). The molecule has 0 unspecified atom stereocenters. The molecule has 0 aliphatic rings. The second-order valence-electron chi connectivity index (χ2n) is 4.01. The molecule has 0 spiro atoms. The molecule has 0 atom stereocenters. The Morgan fingerprint density at radius 2 is 1.74 bits per heavy atom. The number of benzene rings is 2. The molecule has 0 aliphatic carbocycles. The molecule has 4 nitrogen and oxygen atoms in total. The van der Waals surface area contributed by atoms with Gasteiger partial charge < -0.3 is 19.5 Å². The standard InChI is InChI=1S/C14H15BO4/c1-18-10-19-14-12(11-6-3-2-4-7-11)8-5-9-13(14)15(16)17/h2-9,16-17H,10H2,1H3. The summed E-state index contributed by atoms with van der Waals surface area (Å²) in [6.07, 6.45) is 0. The highest BCUT2D eigenvalue weighted by Gasteiger charge is 2.20. The maximum atomic E-state index is 9.41. The van der Waals surface area contributed by atoms with Crippen LogP contribution in [0.15, 0.2) is 48.5 Å². The SMILES string of the molecule is COCOc1c(B(O)O)cccc1-c1ccccc1. The predicted molar refractivity (Wildman–Crippen MR) is 74.2 cm³/mol. The average Bonchev–Trinajstić information content (AvgIpc) is 2.45. The summed E-state index contributed by atoms with van der Waals surface area (Å²) in [7, 11) is -0.0734. The highest BCUT2D eigenvalue weighted by Crippen LogP contribution is 2.28. The van der Waals surface area contributed by atoms with Gasteiger partial charge in [0.05, 0.1) is 0 Å². The first-order valence-corrected chi connectivity index (χ1v) is 5.90. The molecule has 0 saturated carbocycles. The monoisotopic (exact) mass is 258 g/mol. The highest BCUT2D eigenvalue weighted by molar-refractivity contribution is 6.60. The van der Waals surface area contributed by atoms with E-state index in [1.165, 1.54) is 7.11 Å². The van der Waals surface area contributed by atoms with E-state index in [1.807, 2.05) is 36.4 Å². The number of hydrogen-bond acceptors (Lipinski definition) is 4. The smallest absolute Gasteiger partial charge is 0.467 e. The van der Waals surface area contributed by atoms with Gasteiger partial charge in [-0.2, -0.15) is 0 Å². The van der Waals surface area contributed by atoms with Gasteiger partial charge in [-0.1, -0.05) is 48.5 Å². The van der Waals surface area contributed by atoms with E-state index in [4.69, 9.17) is 9.47 Å².